The lowest BCUT2D eigenvalue weighted by Crippen LogP contribution is -2.36. The molecule has 1 unspecified atom stereocenters. The van der Waals surface area contributed by atoms with Crippen LogP contribution in [0.1, 0.15) is 30.1 Å². The summed E-state index contributed by atoms with van der Waals surface area (Å²) < 4.78 is 11.4. The van der Waals surface area contributed by atoms with Crippen LogP contribution in [0, 0.1) is 0 Å². The van der Waals surface area contributed by atoms with E-state index in [9.17, 15) is 0 Å². The van der Waals surface area contributed by atoms with Crippen molar-refractivity contribution in [3.8, 4) is 16.8 Å². The summed E-state index contributed by atoms with van der Waals surface area (Å²) in [6.45, 7) is 0. The third kappa shape index (κ3) is 5.14. The molecule has 6 heteroatoms. The highest BCUT2D eigenvalue weighted by Crippen LogP contribution is 2.38. The molecule has 1 atom stereocenters. The summed E-state index contributed by atoms with van der Waals surface area (Å²) in [6, 6.07) is 58.1. The monoisotopic (exact) mass is 750 g/mol. The van der Waals surface area contributed by atoms with Crippen LogP contribution in [0.4, 0.5) is 0 Å². The van der Waals surface area contributed by atoms with Crippen molar-refractivity contribution >= 4 is 88.5 Å². The minimum Gasteiger partial charge on any atom is -0.456 e. The van der Waals surface area contributed by atoms with E-state index < -0.39 is 0 Å². The van der Waals surface area contributed by atoms with Crippen molar-refractivity contribution < 1.29 is 4.42 Å². The number of nitrogens with one attached hydrogen (secondary N) is 1. The Morgan fingerprint density at radius 1 is 0.614 bits per heavy atom. The molecular weight excluding hydrogens is 717 g/mol. The number of aliphatic imine (C=N–C) groups is 2. The number of hydrogen-bond donors (Lipinski definition) is 1. The summed E-state index contributed by atoms with van der Waals surface area (Å²) in [7, 11) is 0. The van der Waals surface area contributed by atoms with E-state index in [1.807, 2.05) is 23.5 Å². The highest BCUT2D eigenvalue weighted by Gasteiger charge is 2.25. The van der Waals surface area contributed by atoms with Gasteiger partial charge in [-0.3, -0.25) is 0 Å². The number of furan rings is 1. The van der Waals surface area contributed by atoms with Gasteiger partial charge in [-0.15, -0.1) is 11.3 Å². The van der Waals surface area contributed by atoms with Gasteiger partial charge in [-0.2, -0.15) is 0 Å². The van der Waals surface area contributed by atoms with Crippen LogP contribution < -0.4 is 15.1 Å². The SMILES string of the molecule is C1=c2sc3c(-c4ccc5oc6ccc(-n7c8ccccc8c8ccccc87)cc6c5c4)cccc3c2=C(C2=NC(c3ccccc3)NC(c3ccccc3)=N2)CC1. The fourth-order valence-electron chi connectivity index (χ4n) is 8.92. The first kappa shape index (κ1) is 32.2. The average Bonchev–Trinajstić information content (AvgIpc) is 3.96. The standard InChI is InChI=1S/C51H34N4OS/c1-3-13-31(14-4-1)49-52-50(32-15-5-2-6-16-32)54-51(53-49)39-21-12-24-46-47(39)38-20-11-19-35(48(38)57-46)33-25-27-44-40(29-33)41-30-34(26-28-45(41)56-44)55-42-22-9-7-17-36(42)37-18-8-10-23-43(37)55/h1-11,13-20,22-30,49H,12,21H2,(H,52,53,54). The molecule has 5 nitrogen and oxygen atoms in total. The Bertz CT molecular complexity index is 3390. The van der Waals surface area contributed by atoms with Crippen molar-refractivity contribution in [3.63, 3.8) is 0 Å². The van der Waals surface area contributed by atoms with E-state index >= 15 is 0 Å². The van der Waals surface area contributed by atoms with Gasteiger partial charge >= 0.3 is 0 Å². The van der Waals surface area contributed by atoms with Crippen LogP contribution in [0.25, 0.3) is 82.3 Å². The van der Waals surface area contributed by atoms with E-state index in [0.29, 0.717) is 0 Å². The Hall–Kier alpha value is -7.02. The van der Waals surface area contributed by atoms with Crippen molar-refractivity contribution in [1.29, 1.82) is 0 Å². The summed E-state index contributed by atoms with van der Waals surface area (Å²) >= 11 is 1.88. The summed E-state index contributed by atoms with van der Waals surface area (Å²) in [5.74, 6) is 1.66. The number of para-hydroxylation sites is 2. The molecule has 7 aromatic carbocycles. The predicted molar refractivity (Wildman–Crippen MR) is 238 cm³/mol. The molecule has 0 bridgehead atoms. The molecule has 0 saturated heterocycles. The van der Waals surface area contributed by atoms with Gasteiger partial charge in [0.1, 0.15) is 23.2 Å². The van der Waals surface area contributed by atoms with Crippen LogP contribution in [-0.2, 0) is 0 Å². The van der Waals surface area contributed by atoms with Gasteiger partial charge in [0.15, 0.2) is 5.84 Å². The van der Waals surface area contributed by atoms with Crippen LogP contribution >= 0.6 is 11.3 Å². The molecule has 10 aromatic rings. The van der Waals surface area contributed by atoms with Crippen molar-refractivity contribution in [2.24, 2.45) is 9.98 Å². The molecule has 2 aliphatic rings. The third-order valence-corrected chi connectivity index (χ3v) is 12.8. The van der Waals surface area contributed by atoms with Crippen molar-refractivity contribution in [1.82, 2.24) is 9.88 Å². The lowest BCUT2D eigenvalue weighted by molar-refractivity contribution is 0.669. The minimum absolute atomic E-state index is 0.233. The molecule has 0 fully saturated rings. The Balaban J connectivity index is 1.02. The first-order valence-electron chi connectivity index (χ1n) is 19.5. The zero-order chi connectivity index (χ0) is 37.5. The largest absolute Gasteiger partial charge is 0.456 e. The Kier molecular flexibility index (Phi) is 7.22. The summed E-state index contributed by atoms with van der Waals surface area (Å²) in [5.41, 5.74) is 11.0. The molecule has 57 heavy (non-hydrogen) atoms. The molecule has 3 aromatic heterocycles. The quantitative estimate of drug-likeness (QED) is 0.190. The van der Waals surface area contributed by atoms with Crippen LogP contribution in [-0.4, -0.2) is 16.2 Å². The molecule has 1 N–H and O–H groups in total. The maximum absolute atomic E-state index is 6.46. The van der Waals surface area contributed by atoms with E-state index in [4.69, 9.17) is 14.4 Å². The average molecular weight is 751 g/mol. The molecule has 0 spiro atoms. The Morgan fingerprint density at radius 3 is 2.09 bits per heavy atom. The van der Waals surface area contributed by atoms with Crippen LogP contribution in [0.2, 0.25) is 0 Å². The highest BCUT2D eigenvalue weighted by molar-refractivity contribution is 7.17. The van der Waals surface area contributed by atoms with E-state index in [1.54, 1.807) is 0 Å². The molecule has 1 aliphatic carbocycles. The van der Waals surface area contributed by atoms with Crippen molar-refractivity contribution in [3.05, 3.63) is 185 Å². The number of hydrogen-bond acceptors (Lipinski definition) is 5. The van der Waals surface area contributed by atoms with Crippen molar-refractivity contribution in [2.45, 2.75) is 19.0 Å². The van der Waals surface area contributed by atoms with Gasteiger partial charge in [0.25, 0.3) is 0 Å². The number of rotatable bonds is 5. The number of thiophene rings is 1. The van der Waals surface area contributed by atoms with Gasteiger partial charge in [0.05, 0.1) is 11.0 Å². The van der Waals surface area contributed by atoms with Crippen molar-refractivity contribution in [2.75, 3.05) is 0 Å². The van der Waals surface area contributed by atoms with E-state index in [2.05, 4.69) is 168 Å². The van der Waals surface area contributed by atoms with Gasteiger partial charge in [0.2, 0.25) is 0 Å². The second kappa shape index (κ2) is 12.8. The van der Waals surface area contributed by atoms with Gasteiger partial charge in [-0.1, -0.05) is 127 Å². The number of fused-ring (bicyclic) bond motifs is 9. The molecule has 4 heterocycles. The lowest BCUT2D eigenvalue weighted by atomic mass is 9.97. The summed E-state index contributed by atoms with van der Waals surface area (Å²) in [6.07, 6.45) is 4.00. The second-order valence-electron chi connectivity index (χ2n) is 14.8. The Labute approximate surface area is 331 Å². The second-order valence-corrected chi connectivity index (χ2v) is 15.9. The van der Waals surface area contributed by atoms with Gasteiger partial charge in [0, 0.05) is 58.2 Å². The molecule has 1 aliphatic heterocycles. The zero-order valence-corrected chi connectivity index (χ0v) is 31.6. The first-order valence-corrected chi connectivity index (χ1v) is 20.3. The maximum atomic E-state index is 6.46. The summed E-state index contributed by atoms with van der Waals surface area (Å²) in [5, 5.41) is 10.9. The van der Waals surface area contributed by atoms with E-state index in [1.165, 1.54) is 58.3 Å². The molecule has 0 radical (unpaired) electrons. The lowest BCUT2D eigenvalue weighted by Gasteiger charge is -2.24. The normalized spacial score (nSPS) is 15.5. The van der Waals surface area contributed by atoms with Crippen LogP contribution in [0.15, 0.2) is 178 Å². The molecule has 0 amide bonds. The predicted octanol–water partition coefficient (Wildman–Crippen LogP) is 11.4. The van der Waals surface area contributed by atoms with Gasteiger partial charge in [-0.25, -0.2) is 9.98 Å². The minimum atomic E-state index is -0.233. The number of amidine groups is 2. The summed E-state index contributed by atoms with van der Waals surface area (Å²) in [4.78, 5) is 10.5. The highest BCUT2D eigenvalue weighted by atomic mass is 32.1. The Morgan fingerprint density at radius 2 is 1.30 bits per heavy atom. The fraction of sp³-hybridized carbons (Fsp3) is 0.0588. The van der Waals surface area contributed by atoms with E-state index in [-0.39, 0.29) is 6.17 Å². The molecule has 270 valence electrons. The van der Waals surface area contributed by atoms with E-state index in [0.717, 1.165) is 63.3 Å². The number of nitrogens with zero attached hydrogens (tertiary/aromatic N) is 3. The number of benzene rings is 7. The topological polar surface area (TPSA) is 54.8 Å². The fourth-order valence-corrected chi connectivity index (χ4v) is 10.3. The van der Waals surface area contributed by atoms with Gasteiger partial charge < -0.3 is 14.3 Å². The van der Waals surface area contributed by atoms with Crippen LogP contribution in [0.5, 0.6) is 0 Å². The molecule has 0 saturated carbocycles. The number of aromatic nitrogens is 1. The molecular formula is C51H34N4OS. The first-order chi connectivity index (χ1) is 28.2. The molecule has 12 rings (SSSR count). The van der Waals surface area contributed by atoms with Crippen LogP contribution in [0.3, 0.4) is 0 Å². The smallest absolute Gasteiger partial charge is 0.155 e. The zero-order valence-electron chi connectivity index (χ0n) is 30.8. The van der Waals surface area contributed by atoms with Gasteiger partial charge in [-0.05, 0) is 72.0 Å². The third-order valence-electron chi connectivity index (χ3n) is 11.5. The maximum Gasteiger partial charge on any atom is 0.155 e.